The lowest BCUT2D eigenvalue weighted by molar-refractivity contribution is -0.114. The highest BCUT2D eigenvalue weighted by Crippen LogP contribution is 2.29. The number of aryl methyl sites for hydroxylation is 1. The molecule has 0 aliphatic carbocycles. The number of carbonyl (C=O) groups excluding carboxylic acids is 1. The lowest BCUT2D eigenvalue weighted by Crippen LogP contribution is -2.22. The monoisotopic (exact) mass is 334 g/mol. The van der Waals surface area contributed by atoms with Crippen molar-refractivity contribution in [2.24, 2.45) is 0 Å². The van der Waals surface area contributed by atoms with Gasteiger partial charge in [-0.2, -0.15) is 0 Å². The Hall–Kier alpha value is -2.40. The number of halogens is 1. The van der Waals surface area contributed by atoms with E-state index in [4.69, 9.17) is 21.1 Å². The maximum absolute atomic E-state index is 12.0. The summed E-state index contributed by atoms with van der Waals surface area (Å²) in [6.45, 7) is 2.08. The first-order valence-electron chi connectivity index (χ1n) is 7.05. The Morgan fingerprint density at radius 1 is 1.09 bits per heavy atom. The zero-order valence-electron chi connectivity index (χ0n) is 13.3. The molecule has 2 aromatic rings. The summed E-state index contributed by atoms with van der Waals surface area (Å²) < 4.78 is 10.4. The molecule has 6 heteroatoms. The number of anilines is 2. The van der Waals surface area contributed by atoms with Crippen LogP contribution in [-0.2, 0) is 4.79 Å². The van der Waals surface area contributed by atoms with Crippen molar-refractivity contribution in [3.63, 3.8) is 0 Å². The summed E-state index contributed by atoms with van der Waals surface area (Å²) in [5, 5.41) is 6.56. The average Bonchev–Trinajstić information content (AvgIpc) is 2.54. The number of amides is 1. The SMILES string of the molecule is COc1ccc(NC(=O)CNc2ccc(Cl)cc2C)cc1OC. The van der Waals surface area contributed by atoms with Crippen LogP contribution in [0.5, 0.6) is 11.5 Å². The van der Waals surface area contributed by atoms with Crippen molar-refractivity contribution in [2.75, 3.05) is 31.4 Å². The molecule has 2 rings (SSSR count). The molecule has 0 aromatic heterocycles. The second-order valence-electron chi connectivity index (χ2n) is 4.93. The molecule has 0 saturated carbocycles. The van der Waals surface area contributed by atoms with Crippen molar-refractivity contribution in [1.29, 1.82) is 0 Å². The van der Waals surface area contributed by atoms with Crippen LogP contribution in [0.15, 0.2) is 36.4 Å². The Bertz CT molecular complexity index is 704. The second-order valence-corrected chi connectivity index (χ2v) is 5.37. The summed E-state index contributed by atoms with van der Waals surface area (Å²) in [5.74, 6) is 1.01. The van der Waals surface area contributed by atoms with Crippen LogP contribution in [0.4, 0.5) is 11.4 Å². The van der Waals surface area contributed by atoms with E-state index < -0.39 is 0 Å². The van der Waals surface area contributed by atoms with Crippen molar-refractivity contribution in [2.45, 2.75) is 6.92 Å². The van der Waals surface area contributed by atoms with E-state index in [1.54, 1.807) is 38.5 Å². The predicted molar refractivity (Wildman–Crippen MR) is 92.9 cm³/mol. The Labute approximate surface area is 140 Å². The minimum Gasteiger partial charge on any atom is -0.493 e. The van der Waals surface area contributed by atoms with E-state index in [-0.39, 0.29) is 12.5 Å². The van der Waals surface area contributed by atoms with Crippen molar-refractivity contribution in [3.05, 3.63) is 47.0 Å². The Morgan fingerprint density at radius 3 is 2.48 bits per heavy atom. The van der Waals surface area contributed by atoms with E-state index in [2.05, 4.69) is 10.6 Å². The maximum atomic E-state index is 12.0. The van der Waals surface area contributed by atoms with E-state index in [0.717, 1.165) is 11.3 Å². The molecule has 2 N–H and O–H groups in total. The number of hydrogen-bond donors (Lipinski definition) is 2. The Kier molecular flexibility index (Phi) is 5.71. The van der Waals surface area contributed by atoms with Crippen LogP contribution in [0.1, 0.15) is 5.56 Å². The van der Waals surface area contributed by atoms with Gasteiger partial charge in [0.1, 0.15) is 0 Å². The third kappa shape index (κ3) is 4.53. The number of hydrogen-bond acceptors (Lipinski definition) is 4. The third-order valence-corrected chi connectivity index (χ3v) is 3.53. The van der Waals surface area contributed by atoms with Crippen LogP contribution < -0.4 is 20.1 Å². The summed E-state index contributed by atoms with van der Waals surface area (Å²) in [6.07, 6.45) is 0. The van der Waals surface area contributed by atoms with Gasteiger partial charge in [0, 0.05) is 22.5 Å². The highest BCUT2D eigenvalue weighted by Gasteiger charge is 2.08. The smallest absolute Gasteiger partial charge is 0.243 e. The van der Waals surface area contributed by atoms with Crippen LogP contribution in [0.2, 0.25) is 5.02 Å². The number of methoxy groups -OCH3 is 2. The van der Waals surface area contributed by atoms with Gasteiger partial charge in [-0.25, -0.2) is 0 Å². The Balaban J connectivity index is 1.97. The molecule has 0 fully saturated rings. The molecule has 0 bridgehead atoms. The first-order valence-corrected chi connectivity index (χ1v) is 7.43. The van der Waals surface area contributed by atoms with Crippen LogP contribution in [-0.4, -0.2) is 26.7 Å². The van der Waals surface area contributed by atoms with E-state index in [0.29, 0.717) is 22.2 Å². The van der Waals surface area contributed by atoms with Gasteiger partial charge in [0.2, 0.25) is 5.91 Å². The first-order chi connectivity index (χ1) is 11.0. The normalized spacial score (nSPS) is 10.1. The van der Waals surface area contributed by atoms with Gasteiger partial charge < -0.3 is 20.1 Å². The largest absolute Gasteiger partial charge is 0.493 e. The molecule has 0 atom stereocenters. The van der Waals surface area contributed by atoms with Crippen LogP contribution >= 0.6 is 11.6 Å². The number of ether oxygens (including phenoxy) is 2. The molecule has 2 aromatic carbocycles. The van der Waals surface area contributed by atoms with Gasteiger partial charge in [0.15, 0.2) is 11.5 Å². The zero-order chi connectivity index (χ0) is 16.8. The number of rotatable bonds is 6. The number of benzene rings is 2. The molecule has 0 unspecified atom stereocenters. The molecule has 5 nitrogen and oxygen atoms in total. The fourth-order valence-electron chi connectivity index (χ4n) is 2.12. The topological polar surface area (TPSA) is 59.6 Å². The van der Waals surface area contributed by atoms with E-state index in [1.165, 1.54) is 0 Å². The summed E-state index contributed by atoms with van der Waals surface area (Å²) in [5.41, 5.74) is 2.50. The molecule has 122 valence electrons. The number of carbonyl (C=O) groups is 1. The summed E-state index contributed by atoms with van der Waals surface area (Å²) in [6, 6.07) is 10.7. The lowest BCUT2D eigenvalue weighted by Gasteiger charge is -2.12. The number of nitrogens with one attached hydrogen (secondary N) is 2. The van der Waals surface area contributed by atoms with Gasteiger partial charge >= 0.3 is 0 Å². The van der Waals surface area contributed by atoms with Crippen molar-refractivity contribution in [3.8, 4) is 11.5 Å². The second kappa shape index (κ2) is 7.74. The molecule has 23 heavy (non-hydrogen) atoms. The van der Waals surface area contributed by atoms with Gasteiger partial charge in [-0.05, 0) is 42.8 Å². The molecule has 1 amide bonds. The van der Waals surface area contributed by atoms with Crippen LogP contribution in [0, 0.1) is 6.92 Å². The molecule has 0 aliphatic rings. The fraction of sp³-hybridized carbons (Fsp3) is 0.235. The van der Waals surface area contributed by atoms with E-state index >= 15 is 0 Å². The summed E-state index contributed by atoms with van der Waals surface area (Å²) >= 11 is 5.91. The van der Waals surface area contributed by atoms with Crippen molar-refractivity contribution in [1.82, 2.24) is 0 Å². The standard InChI is InChI=1S/C17H19ClN2O3/c1-11-8-12(18)4-6-14(11)19-10-17(21)20-13-5-7-15(22-2)16(9-13)23-3/h4-9,19H,10H2,1-3H3,(H,20,21). The predicted octanol–water partition coefficient (Wildman–Crippen LogP) is 3.72. The van der Waals surface area contributed by atoms with Gasteiger partial charge in [-0.3, -0.25) is 4.79 Å². The van der Waals surface area contributed by atoms with E-state index in [1.807, 2.05) is 19.1 Å². The molecule has 0 aliphatic heterocycles. The highest BCUT2D eigenvalue weighted by atomic mass is 35.5. The summed E-state index contributed by atoms with van der Waals surface area (Å²) in [4.78, 5) is 12.0. The molecule has 0 spiro atoms. The lowest BCUT2D eigenvalue weighted by atomic mass is 10.2. The van der Waals surface area contributed by atoms with Gasteiger partial charge in [-0.15, -0.1) is 0 Å². The van der Waals surface area contributed by atoms with Gasteiger partial charge in [0.25, 0.3) is 0 Å². The minimum absolute atomic E-state index is 0.150. The quantitative estimate of drug-likeness (QED) is 0.845. The van der Waals surface area contributed by atoms with Crippen molar-refractivity contribution < 1.29 is 14.3 Å². The molecular formula is C17H19ClN2O3. The summed E-state index contributed by atoms with van der Waals surface area (Å²) in [7, 11) is 3.11. The zero-order valence-corrected chi connectivity index (χ0v) is 14.0. The van der Waals surface area contributed by atoms with Crippen LogP contribution in [0.3, 0.4) is 0 Å². The molecule has 0 radical (unpaired) electrons. The minimum atomic E-state index is -0.161. The fourth-order valence-corrected chi connectivity index (χ4v) is 2.35. The third-order valence-electron chi connectivity index (χ3n) is 3.30. The van der Waals surface area contributed by atoms with E-state index in [9.17, 15) is 4.79 Å². The molecule has 0 heterocycles. The molecular weight excluding hydrogens is 316 g/mol. The van der Waals surface area contributed by atoms with Gasteiger partial charge in [-0.1, -0.05) is 11.6 Å². The molecule has 0 saturated heterocycles. The van der Waals surface area contributed by atoms with Crippen LogP contribution in [0.25, 0.3) is 0 Å². The maximum Gasteiger partial charge on any atom is 0.243 e. The highest BCUT2D eigenvalue weighted by molar-refractivity contribution is 6.30. The van der Waals surface area contributed by atoms with Gasteiger partial charge in [0.05, 0.1) is 20.8 Å². The first kappa shape index (κ1) is 17.0. The average molecular weight is 335 g/mol. The van der Waals surface area contributed by atoms with Crippen molar-refractivity contribution >= 4 is 28.9 Å². The Morgan fingerprint density at radius 2 is 1.83 bits per heavy atom.